The van der Waals surface area contributed by atoms with E-state index in [1.165, 1.54) is 7.11 Å². The van der Waals surface area contributed by atoms with Crippen LogP contribution in [0.2, 0.25) is 10.0 Å². The van der Waals surface area contributed by atoms with E-state index in [9.17, 15) is 9.59 Å². The molecule has 8 nitrogen and oxygen atoms in total. The van der Waals surface area contributed by atoms with Crippen LogP contribution in [-0.4, -0.2) is 70.3 Å². The van der Waals surface area contributed by atoms with E-state index in [0.717, 1.165) is 37.1 Å². The summed E-state index contributed by atoms with van der Waals surface area (Å²) in [5, 5.41) is 7.61. The molecule has 45 heavy (non-hydrogen) atoms. The average molecular weight is 655 g/mol. The lowest BCUT2D eigenvalue weighted by Gasteiger charge is -2.37. The summed E-state index contributed by atoms with van der Waals surface area (Å²) >= 11 is 12.8. The Hall–Kier alpha value is -3.46. The number of amides is 2. The first-order chi connectivity index (χ1) is 21.8. The topological polar surface area (TPSA) is 89.1 Å². The molecule has 240 valence electrons. The number of benzene rings is 3. The maximum Gasteiger partial charge on any atom is 0.254 e. The quantitative estimate of drug-likeness (QED) is 0.263. The molecule has 10 heteroatoms. The molecular weight excluding hydrogens is 613 g/mol. The number of nitrogens with one attached hydrogen (secondary N) is 2. The minimum Gasteiger partial charge on any atom is -0.493 e. The molecule has 3 aromatic carbocycles. The van der Waals surface area contributed by atoms with Crippen LogP contribution in [0.4, 0.5) is 0 Å². The van der Waals surface area contributed by atoms with E-state index in [1.54, 1.807) is 25.3 Å². The molecule has 3 aromatic rings. The predicted molar refractivity (Wildman–Crippen MR) is 177 cm³/mol. The number of piperidine rings is 1. The van der Waals surface area contributed by atoms with Crippen molar-refractivity contribution in [2.75, 3.05) is 53.6 Å². The van der Waals surface area contributed by atoms with Gasteiger partial charge in [-0.15, -0.1) is 0 Å². The maximum atomic E-state index is 14.0. The highest BCUT2D eigenvalue weighted by atomic mass is 35.5. The lowest BCUT2D eigenvalue weighted by molar-refractivity contribution is -0.127. The maximum absolute atomic E-state index is 14.0. The van der Waals surface area contributed by atoms with Gasteiger partial charge in [0.2, 0.25) is 11.7 Å². The molecule has 2 aliphatic rings. The van der Waals surface area contributed by atoms with E-state index in [4.69, 9.17) is 37.4 Å². The average Bonchev–Trinajstić information content (AvgIpc) is 3.51. The van der Waals surface area contributed by atoms with Crippen LogP contribution in [0.3, 0.4) is 0 Å². The van der Waals surface area contributed by atoms with Gasteiger partial charge in [-0.2, -0.15) is 0 Å². The fourth-order valence-electron chi connectivity index (χ4n) is 6.80. The molecule has 2 saturated heterocycles. The van der Waals surface area contributed by atoms with Crippen LogP contribution in [0.1, 0.15) is 54.1 Å². The van der Waals surface area contributed by atoms with Gasteiger partial charge in [0, 0.05) is 30.6 Å². The fraction of sp³-hybridized carbons (Fsp3) is 0.429. The Balaban J connectivity index is 1.39. The number of ether oxygens (including phenoxy) is 3. The van der Waals surface area contributed by atoms with Gasteiger partial charge in [0.1, 0.15) is 0 Å². The van der Waals surface area contributed by atoms with Crippen molar-refractivity contribution in [3.05, 3.63) is 87.4 Å². The van der Waals surface area contributed by atoms with Crippen LogP contribution in [0.25, 0.3) is 0 Å². The van der Waals surface area contributed by atoms with Crippen molar-refractivity contribution >= 4 is 35.0 Å². The molecule has 1 unspecified atom stereocenters. The molecule has 2 aliphatic heterocycles. The summed E-state index contributed by atoms with van der Waals surface area (Å²) in [6, 6.07) is 19.1. The monoisotopic (exact) mass is 653 g/mol. The molecule has 0 radical (unpaired) electrons. The van der Waals surface area contributed by atoms with Gasteiger partial charge in [0.25, 0.3) is 5.91 Å². The van der Waals surface area contributed by atoms with Gasteiger partial charge in [-0.25, -0.2) is 0 Å². The first-order valence-electron chi connectivity index (χ1n) is 15.4. The Morgan fingerprint density at radius 2 is 1.64 bits per heavy atom. The molecule has 2 fully saturated rings. The standard InChI is InChI=1S/C35H41Cl2N3O5/c1-4-45-30-21-24(20-29(43-2)31(30)44-3)32(41)40-19-15-34(23-40,26-10-11-27(36)28(37)22-26)12-18-39-33(42)35(13-16-38-17-14-35)25-8-6-5-7-9-25/h5-11,20-22,38H,4,12-19,23H2,1-3H3,(H,39,42). The summed E-state index contributed by atoms with van der Waals surface area (Å²) in [4.78, 5) is 29.7. The van der Waals surface area contributed by atoms with E-state index in [0.29, 0.717) is 71.9 Å². The number of likely N-dealkylation sites (tertiary alicyclic amines) is 1. The van der Waals surface area contributed by atoms with Gasteiger partial charge in [-0.3, -0.25) is 9.59 Å². The van der Waals surface area contributed by atoms with Crippen LogP contribution in [-0.2, 0) is 15.6 Å². The first kappa shape index (κ1) is 32.9. The van der Waals surface area contributed by atoms with Crippen molar-refractivity contribution < 1.29 is 23.8 Å². The van der Waals surface area contributed by atoms with E-state index in [2.05, 4.69) is 10.6 Å². The number of halogens is 2. The summed E-state index contributed by atoms with van der Waals surface area (Å²) in [6.07, 6.45) is 2.79. The Morgan fingerprint density at radius 1 is 0.911 bits per heavy atom. The zero-order chi connectivity index (χ0) is 32.0. The second-order valence-corrected chi connectivity index (χ2v) is 12.5. The molecule has 2 N–H and O–H groups in total. The van der Waals surface area contributed by atoms with Crippen molar-refractivity contribution in [1.29, 1.82) is 0 Å². The van der Waals surface area contributed by atoms with E-state index < -0.39 is 10.8 Å². The third-order valence-electron chi connectivity index (χ3n) is 9.27. The third-order valence-corrected chi connectivity index (χ3v) is 10.0. The molecule has 2 heterocycles. The Kier molecular flexibility index (Phi) is 10.5. The number of hydrogen-bond donors (Lipinski definition) is 2. The molecule has 0 aliphatic carbocycles. The Labute approximate surface area is 275 Å². The largest absolute Gasteiger partial charge is 0.493 e. The molecular formula is C35H41Cl2N3O5. The van der Waals surface area contributed by atoms with Crippen molar-refractivity contribution in [2.45, 2.75) is 43.4 Å². The van der Waals surface area contributed by atoms with Crippen molar-refractivity contribution in [2.24, 2.45) is 0 Å². The smallest absolute Gasteiger partial charge is 0.254 e. The minimum atomic E-state index is -0.577. The van der Waals surface area contributed by atoms with Crippen molar-refractivity contribution in [3.8, 4) is 17.2 Å². The highest BCUT2D eigenvalue weighted by Crippen LogP contribution is 2.43. The van der Waals surface area contributed by atoms with E-state index >= 15 is 0 Å². The number of carbonyl (C=O) groups is 2. The predicted octanol–water partition coefficient (Wildman–Crippen LogP) is 6.02. The minimum absolute atomic E-state index is 0.0409. The van der Waals surface area contributed by atoms with Crippen molar-refractivity contribution in [3.63, 3.8) is 0 Å². The molecule has 0 saturated carbocycles. The van der Waals surface area contributed by atoms with E-state index in [1.807, 2.05) is 54.3 Å². The first-order valence-corrected chi connectivity index (χ1v) is 16.2. The molecule has 2 amide bonds. The van der Waals surface area contributed by atoms with Crippen LogP contribution in [0, 0.1) is 0 Å². The van der Waals surface area contributed by atoms with Gasteiger partial charge in [0.05, 0.1) is 36.3 Å². The van der Waals surface area contributed by atoms with Gasteiger partial charge in [0.15, 0.2) is 11.5 Å². The molecule has 0 bridgehead atoms. The number of rotatable bonds is 11. The zero-order valence-electron chi connectivity index (χ0n) is 26.1. The van der Waals surface area contributed by atoms with Gasteiger partial charge in [-0.1, -0.05) is 59.6 Å². The van der Waals surface area contributed by atoms with Crippen LogP contribution in [0.15, 0.2) is 60.7 Å². The van der Waals surface area contributed by atoms with Crippen LogP contribution < -0.4 is 24.8 Å². The molecule has 0 spiro atoms. The Bertz CT molecular complexity index is 1510. The second kappa shape index (κ2) is 14.3. The SMILES string of the molecule is CCOc1cc(C(=O)N2CCC(CCNC(=O)C3(c4ccccc4)CCNCC3)(c3ccc(Cl)c(Cl)c3)C2)cc(OC)c1OC. The van der Waals surface area contributed by atoms with E-state index in [-0.39, 0.29) is 11.8 Å². The lowest BCUT2D eigenvalue weighted by Crippen LogP contribution is -2.51. The highest BCUT2D eigenvalue weighted by molar-refractivity contribution is 6.42. The summed E-state index contributed by atoms with van der Waals surface area (Å²) in [7, 11) is 3.08. The Morgan fingerprint density at radius 3 is 2.31 bits per heavy atom. The number of nitrogens with zero attached hydrogens (tertiary/aromatic N) is 1. The fourth-order valence-corrected chi connectivity index (χ4v) is 7.09. The second-order valence-electron chi connectivity index (χ2n) is 11.7. The summed E-state index contributed by atoms with van der Waals surface area (Å²) < 4.78 is 16.8. The van der Waals surface area contributed by atoms with Gasteiger partial charge in [-0.05, 0) is 81.1 Å². The van der Waals surface area contributed by atoms with Crippen LogP contribution >= 0.6 is 23.2 Å². The van der Waals surface area contributed by atoms with Gasteiger partial charge < -0.3 is 29.7 Å². The summed E-state index contributed by atoms with van der Waals surface area (Å²) in [5.74, 6) is 1.22. The third kappa shape index (κ3) is 6.74. The summed E-state index contributed by atoms with van der Waals surface area (Å²) in [5.41, 5.74) is 1.47. The number of methoxy groups -OCH3 is 2. The zero-order valence-corrected chi connectivity index (χ0v) is 27.6. The number of carbonyl (C=O) groups excluding carboxylic acids is 2. The summed E-state index contributed by atoms with van der Waals surface area (Å²) in [6.45, 7) is 5.29. The number of hydrogen-bond acceptors (Lipinski definition) is 6. The molecule has 5 rings (SSSR count). The lowest BCUT2D eigenvalue weighted by atomic mass is 9.72. The molecule has 0 aromatic heterocycles. The van der Waals surface area contributed by atoms with Crippen molar-refractivity contribution in [1.82, 2.24) is 15.5 Å². The normalized spacial score (nSPS) is 19.2. The molecule has 1 atom stereocenters. The van der Waals surface area contributed by atoms with Gasteiger partial charge >= 0.3 is 0 Å². The van der Waals surface area contributed by atoms with Crippen LogP contribution in [0.5, 0.6) is 17.2 Å². The highest BCUT2D eigenvalue weighted by Gasteiger charge is 2.44.